The van der Waals surface area contributed by atoms with Crippen LogP contribution >= 0.6 is 8.03 Å². The van der Waals surface area contributed by atoms with E-state index in [4.69, 9.17) is 18.7 Å². The number of rotatable bonds is 14. The average molecular weight is 567 g/mol. The third kappa shape index (κ3) is 12.4. The molecule has 3 aromatic rings. The molecule has 212 valence electrons. The van der Waals surface area contributed by atoms with Gasteiger partial charge in [-0.2, -0.15) is 0 Å². The maximum absolute atomic E-state index is 12.5. The Morgan fingerprint density at radius 2 is 1.43 bits per heavy atom. The van der Waals surface area contributed by atoms with Crippen molar-refractivity contribution < 1.29 is 32.9 Å². The van der Waals surface area contributed by atoms with Gasteiger partial charge < -0.3 is 19.5 Å². The molecule has 1 unspecified atom stereocenters. The smallest absolute Gasteiger partial charge is 0.489 e. The van der Waals surface area contributed by atoms with Gasteiger partial charge in [0.1, 0.15) is 31.2 Å². The molecule has 0 radical (unpaired) electrons. The van der Waals surface area contributed by atoms with Crippen molar-refractivity contribution >= 4 is 20.1 Å². The molecule has 0 aliphatic heterocycles. The van der Waals surface area contributed by atoms with Gasteiger partial charge in [0.15, 0.2) is 6.16 Å². The maximum atomic E-state index is 12.5. The van der Waals surface area contributed by atoms with Gasteiger partial charge in [0.25, 0.3) is 0 Å². The molecule has 0 aromatic heterocycles. The van der Waals surface area contributed by atoms with Gasteiger partial charge in [-0.15, -0.1) is 4.52 Å². The summed E-state index contributed by atoms with van der Waals surface area (Å²) in [5.74, 6) is 0.275. The topological polar surface area (TPSA) is 100 Å². The minimum absolute atomic E-state index is 0.0141. The summed E-state index contributed by atoms with van der Waals surface area (Å²) in [4.78, 5) is 24.5. The van der Waals surface area contributed by atoms with Crippen LogP contribution in [0.2, 0.25) is 0 Å². The maximum Gasteiger partial charge on any atom is 0.508 e. The number of carbonyl (C=O) groups is 2. The van der Waals surface area contributed by atoms with Gasteiger partial charge in [-0.05, 0) is 60.6 Å². The van der Waals surface area contributed by atoms with Crippen LogP contribution in [0.3, 0.4) is 0 Å². The van der Waals surface area contributed by atoms with Crippen LogP contribution in [0.1, 0.15) is 43.9 Å². The van der Waals surface area contributed by atoms with Crippen LogP contribution < -0.4 is 10.1 Å². The Labute approximate surface area is 236 Å². The fourth-order valence-electron chi connectivity index (χ4n) is 3.60. The lowest BCUT2D eigenvalue weighted by molar-refractivity contribution is -0.144. The van der Waals surface area contributed by atoms with E-state index in [0.717, 1.165) is 22.4 Å². The van der Waals surface area contributed by atoms with E-state index in [1.54, 1.807) is 20.8 Å². The van der Waals surface area contributed by atoms with Crippen molar-refractivity contribution in [3.05, 3.63) is 102 Å². The zero-order chi connectivity index (χ0) is 28.8. The number of nitrogens with one attached hydrogen (secondary N) is 1. The summed E-state index contributed by atoms with van der Waals surface area (Å²) in [5, 5.41) is 2.80. The van der Waals surface area contributed by atoms with Gasteiger partial charge in [0, 0.05) is 0 Å². The summed E-state index contributed by atoms with van der Waals surface area (Å²) in [6.45, 7) is 5.94. The summed E-state index contributed by atoms with van der Waals surface area (Å²) in [6, 6.07) is 26.3. The molecule has 3 rings (SSSR count). The molecule has 0 bridgehead atoms. The van der Waals surface area contributed by atoms with Crippen LogP contribution in [0.25, 0.3) is 0 Å². The SMILES string of the molecule is CC(C)(C)OC(=O)N[C@H](CO[P+](=O)CCC(=O)OCc1ccccc1)Cc1ccc(OCc2ccccc2)cc1. The molecule has 2 atom stereocenters. The van der Waals surface area contributed by atoms with E-state index in [1.165, 1.54) is 0 Å². The van der Waals surface area contributed by atoms with E-state index in [2.05, 4.69) is 5.32 Å². The van der Waals surface area contributed by atoms with E-state index >= 15 is 0 Å². The number of alkyl carbamates (subject to hydrolysis) is 1. The Bertz CT molecular complexity index is 1210. The van der Waals surface area contributed by atoms with Crippen molar-refractivity contribution in [3.63, 3.8) is 0 Å². The largest absolute Gasteiger partial charge is 0.508 e. The van der Waals surface area contributed by atoms with Crippen LogP contribution in [-0.4, -0.2) is 36.5 Å². The minimum Gasteiger partial charge on any atom is -0.489 e. The van der Waals surface area contributed by atoms with Crippen molar-refractivity contribution in [1.29, 1.82) is 0 Å². The van der Waals surface area contributed by atoms with E-state index < -0.39 is 31.7 Å². The molecule has 8 nitrogen and oxygen atoms in total. The third-order valence-electron chi connectivity index (χ3n) is 5.54. The first-order chi connectivity index (χ1) is 19.2. The van der Waals surface area contributed by atoms with Crippen LogP contribution in [0.5, 0.6) is 5.75 Å². The third-order valence-corrected chi connectivity index (χ3v) is 6.56. The van der Waals surface area contributed by atoms with Crippen molar-refractivity contribution in [2.45, 2.75) is 58.5 Å². The Hall–Kier alpha value is -3.74. The first-order valence-electron chi connectivity index (χ1n) is 13.2. The Morgan fingerprint density at radius 1 is 0.825 bits per heavy atom. The van der Waals surface area contributed by atoms with Crippen LogP contribution in [0.4, 0.5) is 4.79 Å². The predicted molar refractivity (Wildman–Crippen MR) is 153 cm³/mol. The van der Waals surface area contributed by atoms with Crippen molar-refractivity contribution in [3.8, 4) is 5.75 Å². The first kappa shape index (κ1) is 30.8. The monoisotopic (exact) mass is 566 g/mol. The summed E-state index contributed by atoms with van der Waals surface area (Å²) in [7, 11) is -2.13. The van der Waals surface area contributed by atoms with Gasteiger partial charge in [-0.25, -0.2) is 4.79 Å². The molecule has 3 aromatic carbocycles. The van der Waals surface area contributed by atoms with E-state index in [1.807, 2.05) is 84.9 Å². The number of hydrogen-bond donors (Lipinski definition) is 1. The molecule has 0 saturated carbocycles. The van der Waals surface area contributed by atoms with Gasteiger partial charge in [-0.1, -0.05) is 72.8 Å². The van der Waals surface area contributed by atoms with E-state index in [0.29, 0.717) is 13.0 Å². The van der Waals surface area contributed by atoms with Crippen molar-refractivity contribution in [1.82, 2.24) is 5.32 Å². The van der Waals surface area contributed by atoms with Gasteiger partial charge in [-0.3, -0.25) is 4.79 Å². The number of carbonyl (C=O) groups excluding carboxylic acids is 2. The molecule has 9 heteroatoms. The van der Waals surface area contributed by atoms with Gasteiger partial charge in [0.2, 0.25) is 0 Å². The normalized spacial score (nSPS) is 12.2. The van der Waals surface area contributed by atoms with Gasteiger partial charge in [0.05, 0.1) is 12.5 Å². The highest BCUT2D eigenvalue weighted by Crippen LogP contribution is 2.24. The number of hydrogen-bond acceptors (Lipinski definition) is 7. The number of esters is 1. The quantitative estimate of drug-likeness (QED) is 0.173. The minimum atomic E-state index is -2.13. The lowest BCUT2D eigenvalue weighted by atomic mass is 10.1. The second-order valence-corrected chi connectivity index (χ2v) is 11.6. The summed E-state index contributed by atoms with van der Waals surface area (Å²) < 4.78 is 34.5. The molecule has 0 aliphatic carbocycles. The zero-order valence-corrected chi connectivity index (χ0v) is 24.1. The molecule has 0 aliphatic rings. The molecular weight excluding hydrogens is 529 g/mol. The van der Waals surface area contributed by atoms with Gasteiger partial charge >= 0.3 is 20.1 Å². The lowest BCUT2D eigenvalue weighted by Crippen LogP contribution is -2.42. The molecule has 1 N–H and O–H groups in total. The molecule has 0 saturated heterocycles. The zero-order valence-electron chi connectivity index (χ0n) is 23.2. The Kier molecular flexibility index (Phi) is 12.1. The number of amides is 1. The summed E-state index contributed by atoms with van der Waals surface area (Å²) in [6.07, 6.45) is -0.184. The summed E-state index contributed by atoms with van der Waals surface area (Å²) in [5.41, 5.74) is 2.21. The van der Waals surface area contributed by atoms with Crippen LogP contribution in [0.15, 0.2) is 84.9 Å². The summed E-state index contributed by atoms with van der Waals surface area (Å²) >= 11 is 0. The average Bonchev–Trinajstić information content (AvgIpc) is 2.93. The second kappa shape index (κ2) is 15.8. The van der Waals surface area contributed by atoms with E-state index in [9.17, 15) is 14.2 Å². The molecule has 0 fully saturated rings. The first-order valence-corrected chi connectivity index (χ1v) is 14.5. The standard InChI is InChI=1S/C31H36NO7P/c1-31(2,3)39-30(34)32-27(20-24-14-16-28(17-15-24)36-21-25-10-6-4-7-11-25)23-38-40(35)19-18-29(33)37-22-26-12-8-5-9-13-26/h4-17,27H,18-23H2,1-3H3/p+1/t27-/m0/s1. The Morgan fingerprint density at radius 3 is 2.02 bits per heavy atom. The van der Waals surface area contributed by atoms with Crippen LogP contribution in [-0.2, 0) is 43.0 Å². The fraction of sp³-hybridized carbons (Fsp3) is 0.355. The van der Waals surface area contributed by atoms with Crippen molar-refractivity contribution in [2.75, 3.05) is 12.8 Å². The molecule has 40 heavy (non-hydrogen) atoms. The van der Waals surface area contributed by atoms with E-state index in [-0.39, 0.29) is 25.8 Å². The Balaban J connectivity index is 1.49. The van der Waals surface area contributed by atoms with Crippen LogP contribution in [0, 0.1) is 0 Å². The lowest BCUT2D eigenvalue weighted by Gasteiger charge is -2.23. The highest BCUT2D eigenvalue weighted by atomic mass is 31.1. The number of benzene rings is 3. The molecule has 0 heterocycles. The van der Waals surface area contributed by atoms with Crippen molar-refractivity contribution in [2.24, 2.45) is 0 Å². The predicted octanol–water partition coefficient (Wildman–Crippen LogP) is 6.59. The fourth-order valence-corrected chi connectivity index (χ4v) is 4.44. The highest BCUT2D eigenvalue weighted by molar-refractivity contribution is 7.39. The molecule has 1 amide bonds. The highest BCUT2D eigenvalue weighted by Gasteiger charge is 2.26. The number of ether oxygens (including phenoxy) is 3. The second-order valence-electron chi connectivity index (χ2n) is 10.2. The molecular formula is C31H37NO7P+. The molecule has 0 spiro atoms.